The zero-order valence-corrected chi connectivity index (χ0v) is 14.9. The molecular weight excluding hydrogens is 334 g/mol. The van der Waals surface area contributed by atoms with E-state index in [-0.39, 0.29) is 11.8 Å². The van der Waals surface area contributed by atoms with Crippen LogP contribution in [0.2, 0.25) is 0 Å². The number of amides is 1. The lowest BCUT2D eigenvalue weighted by Gasteiger charge is -2.32. The molecule has 3 rings (SSSR count). The Morgan fingerprint density at radius 1 is 1.50 bits per heavy atom. The van der Waals surface area contributed by atoms with Gasteiger partial charge in [0.2, 0.25) is 11.8 Å². The van der Waals surface area contributed by atoms with Crippen LogP contribution in [0.4, 0.5) is 0 Å². The second-order valence-electron chi connectivity index (χ2n) is 6.29. The molecule has 1 saturated heterocycles. The first-order valence-corrected chi connectivity index (χ1v) is 8.46. The molecule has 0 bridgehead atoms. The minimum absolute atomic E-state index is 0.0794. The van der Waals surface area contributed by atoms with Gasteiger partial charge in [-0.1, -0.05) is 0 Å². The second-order valence-corrected chi connectivity index (χ2v) is 6.29. The molecule has 8 nitrogen and oxygen atoms in total. The number of aromatic nitrogens is 3. The summed E-state index contributed by atoms with van der Waals surface area (Å²) in [6.07, 6.45) is 5.12. The van der Waals surface area contributed by atoms with Crippen molar-refractivity contribution in [3.05, 3.63) is 35.7 Å². The quantitative estimate of drug-likeness (QED) is 0.809. The molecule has 0 saturated carbocycles. The summed E-state index contributed by atoms with van der Waals surface area (Å²) in [4.78, 5) is 18.7. The molecule has 1 aliphatic heterocycles. The Balaban J connectivity index is 1.61. The van der Waals surface area contributed by atoms with E-state index in [1.807, 2.05) is 4.90 Å². The van der Waals surface area contributed by atoms with Crippen molar-refractivity contribution in [2.45, 2.75) is 12.8 Å². The molecule has 1 unspecified atom stereocenters. The number of hydrogen-bond donors (Lipinski definition) is 0. The predicted molar refractivity (Wildman–Crippen MR) is 92.8 cm³/mol. The molecule has 26 heavy (non-hydrogen) atoms. The van der Waals surface area contributed by atoms with Crippen LogP contribution in [0.1, 0.15) is 28.8 Å². The van der Waals surface area contributed by atoms with Gasteiger partial charge < -0.3 is 14.4 Å². The molecule has 1 amide bonds. The Bertz CT molecular complexity index is 826. The summed E-state index contributed by atoms with van der Waals surface area (Å²) in [6.45, 7) is 1.76. The average Bonchev–Trinajstić information content (AvgIpc) is 3.07. The van der Waals surface area contributed by atoms with Gasteiger partial charge in [-0.2, -0.15) is 5.26 Å². The van der Waals surface area contributed by atoms with E-state index in [2.05, 4.69) is 16.2 Å². The zero-order valence-electron chi connectivity index (χ0n) is 14.9. The van der Waals surface area contributed by atoms with Crippen molar-refractivity contribution in [3.8, 4) is 17.8 Å². The first kappa shape index (κ1) is 17.7. The largest absolute Gasteiger partial charge is 0.479 e. The van der Waals surface area contributed by atoms with Gasteiger partial charge in [-0.15, -0.1) is 5.10 Å². The third-order valence-corrected chi connectivity index (χ3v) is 4.36. The standard InChI is InChI=1S/C18H21N5O3/c1-22-11-15(17(21-22)25-2)18(24)23-7-3-4-14(10-23)12-26-16-8-13(9-19)5-6-20-16/h5-6,8,11,14H,3-4,7,10,12H2,1-2H3. The predicted octanol–water partition coefficient (Wildman–Crippen LogP) is 1.63. The molecule has 0 radical (unpaired) electrons. The van der Waals surface area contributed by atoms with Crippen molar-refractivity contribution in [3.63, 3.8) is 0 Å². The van der Waals surface area contributed by atoms with E-state index in [1.54, 1.807) is 36.3 Å². The maximum Gasteiger partial charge on any atom is 0.260 e. The smallest absolute Gasteiger partial charge is 0.260 e. The lowest BCUT2D eigenvalue weighted by Crippen LogP contribution is -2.41. The van der Waals surface area contributed by atoms with Crippen LogP contribution in [-0.4, -0.2) is 52.4 Å². The second kappa shape index (κ2) is 7.87. The molecule has 8 heteroatoms. The molecule has 0 N–H and O–H groups in total. The van der Waals surface area contributed by atoms with Crippen LogP contribution in [0.25, 0.3) is 0 Å². The van der Waals surface area contributed by atoms with Crippen LogP contribution in [0.5, 0.6) is 11.8 Å². The molecule has 0 aliphatic carbocycles. The van der Waals surface area contributed by atoms with Crippen LogP contribution in [0.15, 0.2) is 24.5 Å². The number of nitriles is 1. The molecule has 3 heterocycles. The molecule has 2 aromatic heterocycles. The van der Waals surface area contributed by atoms with Crippen molar-refractivity contribution in [1.82, 2.24) is 19.7 Å². The number of pyridine rings is 1. The highest BCUT2D eigenvalue weighted by atomic mass is 16.5. The Morgan fingerprint density at radius 2 is 2.35 bits per heavy atom. The van der Waals surface area contributed by atoms with Gasteiger partial charge in [0.1, 0.15) is 5.56 Å². The number of likely N-dealkylation sites (tertiary alicyclic amines) is 1. The number of rotatable bonds is 5. The molecule has 1 fully saturated rings. The van der Waals surface area contributed by atoms with Gasteiger partial charge in [0, 0.05) is 44.5 Å². The van der Waals surface area contributed by atoms with E-state index in [1.165, 1.54) is 7.11 Å². The molecular formula is C18H21N5O3. The fraction of sp³-hybridized carbons (Fsp3) is 0.444. The number of ether oxygens (including phenoxy) is 2. The lowest BCUT2D eigenvalue weighted by molar-refractivity contribution is 0.0628. The molecule has 1 atom stereocenters. The van der Waals surface area contributed by atoms with Gasteiger partial charge >= 0.3 is 0 Å². The zero-order chi connectivity index (χ0) is 18.5. The van der Waals surface area contributed by atoms with E-state index in [4.69, 9.17) is 14.7 Å². The monoisotopic (exact) mass is 355 g/mol. The molecule has 0 spiro atoms. The Labute approximate surface area is 151 Å². The number of nitrogens with zero attached hydrogens (tertiary/aromatic N) is 5. The van der Waals surface area contributed by atoms with Crippen LogP contribution >= 0.6 is 0 Å². The van der Waals surface area contributed by atoms with E-state index in [0.29, 0.717) is 42.6 Å². The van der Waals surface area contributed by atoms with Crippen molar-refractivity contribution in [2.24, 2.45) is 13.0 Å². The van der Waals surface area contributed by atoms with Crippen molar-refractivity contribution < 1.29 is 14.3 Å². The Hall–Kier alpha value is -3.08. The van der Waals surface area contributed by atoms with E-state index >= 15 is 0 Å². The molecule has 1 aliphatic rings. The highest BCUT2D eigenvalue weighted by molar-refractivity contribution is 5.96. The highest BCUT2D eigenvalue weighted by Gasteiger charge is 2.28. The normalized spacial score (nSPS) is 16.8. The summed E-state index contributed by atoms with van der Waals surface area (Å²) < 4.78 is 12.5. The Kier molecular flexibility index (Phi) is 5.37. The maximum absolute atomic E-state index is 12.8. The molecule has 2 aromatic rings. The number of piperidine rings is 1. The van der Waals surface area contributed by atoms with Crippen LogP contribution < -0.4 is 9.47 Å². The number of carbonyl (C=O) groups excluding carboxylic acids is 1. The SMILES string of the molecule is COc1nn(C)cc1C(=O)N1CCCC(COc2cc(C#N)ccn2)C1. The third kappa shape index (κ3) is 3.94. The van der Waals surface area contributed by atoms with E-state index in [9.17, 15) is 4.79 Å². The topological polar surface area (TPSA) is 93.3 Å². The summed E-state index contributed by atoms with van der Waals surface area (Å²) in [6, 6.07) is 5.32. The van der Waals surface area contributed by atoms with Gasteiger partial charge in [-0.05, 0) is 18.9 Å². The van der Waals surface area contributed by atoms with Gasteiger partial charge in [0.15, 0.2) is 0 Å². The minimum atomic E-state index is -0.0794. The van der Waals surface area contributed by atoms with Gasteiger partial charge in [0.25, 0.3) is 5.91 Å². The lowest BCUT2D eigenvalue weighted by atomic mass is 9.98. The third-order valence-electron chi connectivity index (χ3n) is 4.36. The number of aryl methyl sites for hydroxylation is 1. The minimum Gasteiger partial charge on any atom is -0.479 e. The molecule has 136 valence electrons. The fourth-order valence-corrected chi connectivity index (χ4v) is 3.08. The van der Waals surface area contributed by atoms with Gasteiger partial charge in [-0.3, -0.25) is 9.48 Å². The van der Waals surface area contributed by atoms with Crippen molar-refractivity contribution in [1.29, 1.82) is 5.26 Å². The summed E-state index contributed by atoms with van der Waals surface area (Å²) in [5.74, 6) is 0.905. The number of hydrogen-bond acceptors (Lipinski definition) is 6. The Morgan fingerprint density at radius 3 is 3.12 bits per heavy atom. The van der Waals surface area contributed by atoms with Crippen LogP contribution in [0, 0.1) is 17.2 Å². The van der Waals surface area contributed by atoms with Crippen LogP contribution in [0.3, 0.4) is 0 Å². The first-order chi connectivity index (χ1) is 12.6. The first-order valence-electron chi connectivity index (χ1n) is 8.46. The summed E-state index contributed by atoms with van der Waals surface area (Å²) in [5, 5.41) is 13.1. The van der Waals surface area contributed by atoms with E-state index < -0.39 is 0 Å². The maximum atomic E-state index is 12.8. The van der Waals surface area contributed by atoms with Gasteiger partial charge in [0.05, 0.1) is 25.3 Å². The summed E-state index contributed by atoms with van der Waals surface area (Å²) >= 11 is 0. The van der Waals surface area contributed by atoms with Crippen LogP contribution in [-0.2, 0) is 7.05 Å². The van der Waals surface area contributed by atoms with E-state index in [0.717, 1.165) is 12.8 Å². The highest BCUT2D eigenvalue weighted by Crippen LogP contribution is 2.23. The van der Waals surface area contributed by atoms with Crippen molar-refractivity contribution >= 4 is 5.91 Å². The summed E-state index contributed by atoms with van der Waals surface area (Å²) in [5.41, 5.74) is 0.985. The van der Waals surface area contributed by atoms with Gasteiger partial charge in [-0.25, -0.2) is 4.98 Å². The number of methoxy groups -OCH3 is 1. The fourth-order valence-electron chi connectivity index (χ4n) is 3.08. The van der Waals surface area contributed by atoms with Crippen molar-refractivity contribution in [2.75, 3.05) is 26.8 Å². The average molecular weight is 355 g/mol. The number of carbonyl (C=O) groups is 1. The molecule has 0 aromatic carbocycles. The summed E-state index contributed by atoms with van der Waals surface area (Å²) in [7, 11) is 3.27.